The minimum Gasteiger partial charge on any atom is -1.00 e. The fourth-order valence-electron chi connectivity index (χ4n) is 1.74. The number of hydrogen-bond donors (Lipinski definition) is 3. The van der Waals surface area contributed by atoms with Gasteiger partial charge in [0.15, 0.2) is 0 Å². The molecule has 1 rings (SSSR count). The number of carbonyl (C=O) groups excluding carboxylic acids is 1. The molecule has 1 amide bonds. The molecule has 112 valence electrons. The van der Waals surface area contributed by atoms with E-state index >= 15 is 0 Å². The Balaban J connectivity index is -0.00000133. The molecule has 1 atom stereocenters. The van der Waals surface area contributed by atoms with E-state index in [4.69, 9.17) is 10.2 Å². The van der Waals surface area contributed by atoms with E-state index in [1.54, 1.807) is 30.3 Å². The van der Waals surface area contributed by atoms with Crippen molar-refractivity contribution >= 4 is 40.9 Å². The maximum absolute atomic E-state index is 12.2. The summed E-state index contributed by atoms with van der Waals surface area (Å²) >= 11 is 0. The van der Waals surface area contributed by atoms with Crippen LogP contribution in [0, 0.1) is 0 Å². The SMILES string of the molecule is CNN(C(=O)c1ccccc1)C(CCC(=O)O)C(=O)O.[H-].[H-].[Mg+2]. The van der Waals surface area contributed by atoms with E-state index in [0.717, 1.165) is 5.01 Å². The van der Waals surface area contributed by atoms with E-state index in [-0.39, 0.29) is 38.7 Å². The van der Waals surface area contributed by atoms with Crippen molar-refractivity contribution < 1.29 is 27.4 Å². The number of amides is 1. The van der Waals surface area contributed by atoms with Gasteiger partial charge in [-0.1, -0.05) is 18.2 Å². The predicted octanol–water partition coefficient (Wildman–Crippen LogP) is 0.425. The summed E-state index contributed by atoms with van der Waals surface area (Å²) in [5.74, 6) is -2.89. The molecule has 0 heterocycles. The Labute approximate surface area is 141 Å². The summed E-state index contributed by atoms with van der Waals surface area (Å²) in [5, 5.41) is 18.7. The molecule has 0 saturated heterocycles. The van der Waals surface area contributed by atoms with Gasteiger partial charge in [0.2, 0.25) is 0 Å². The fourth-order valence-corrected chi connectivity index (χ4v) is 1.74. The van der Waals surface area contributed by atoms with Crippen molar-refractivity contribution in [2.75, 3.05) is 7.05 Å². The smallest absolute Gasteiger partial charge is 1.00 e. The van der Waals surface area contributed by atoms with Gasteiger partial charge in [0.1, 0.15) is 6.04 Å². The van der Waals surface area contributed by atoms with Gasteiger partial charge in [-0.25, -0.2) is 10.2 Å². The molecule has 0 saturated carbocycles. The van der Waals surface area contributed by atoms with Crippen LogP contribution in [0.25, 0.3) is 0 Å². The average molecular weight is 307 g/mol. The van der Waals surface area contributed by atoms with Gasteiger partial charge in [0.25, 0.3) is 5.91 Å². The summed E-state index contributed by atoms with van der Waals surface area (Å²) in [5.41, 5.74) is 2.84. The average Bonchev–Trinajstić information content (AvgIpc) is 2.43. The Bertz CT molecular complexity index is 504. The second-order valence-corrected chi connectivity index (χ2v) is 4.05. The Morgan fingerprint density at radius 2 is 1.81 bits per heavy atom. The number of hydrazine groups is 1. The Morgan fingerprint density at radius 3 is 2.24 bits per heavy atom. The number of benzene rings is 1. The third-order valence-corrected chi connectivity index (χ3v) is 2.71. The van der Waals surface area contributed by atoms with Gasteiger partial charge in [0.05, 0.1) is 0 Å². The third kappa shape index (κ3) is 5.70. The molecule has 0 radical (unpaired) electrons. The Hall–Kier alpha value is -1.64. The monoisotopic (exact) mass is 306 g/mol. The molecule has 21 heavy (non-hydrogen) atoms. The number of nitrogens with one attached hydrogen (secondary N) is 1. The van der Waals surface area contributed by atoms with Crippen molar-refractivity contribution in [3.8, 4) is 0 Å². The molecule has 1 aromatic rings. The standard InChI is InChI=1S/C13H16N2O5.Mg.2H/c1-14-15(10(13(19)20)7-8-11(16)17)12(18)9-5-3-2-4-6-9;;;/h2-6,10,14H,7-8H2,1H3,(H,16,17)(H,19,20);;;/q;+2;2*-1. The molecule has 0 spiro atoms. The first kappa shape index (κ1) is 19.4. The molecule has 0 aliphatic rings. The van der Waals surface area contributed by atoms with E-state index in [0.29, 0.717) is 5.56 Å². The van der Waals surface area contributed by atoms with Crippen LogP contribution in [-0.4, -0.2) is 69.2 Å². The molecule has 7 nitrogen and oxygen atoms in total. The van der Waals surface area contributed by atoms with Crippen LogP contribution >= 0.6 is 0 Å². The van der Waals surface area contributed by atoms with Crippen molar-refractivity contribution in [3.05, 3.63) is 35.9 Å². The summed E-state index contributed by atoms with van der Waals surface area (Å²) in [6.07, 6.45) is -0.513. The first-order chi connectivity index (χ1) is 9.47. The van der Waals surface area contributed by atoms with E-state index in [1.807, 2.05) is 0 Å². The molecule has 0 aliphatic carbocycles. The number of carbonyl (C=O) groups is 3. The molecular formula is C13H18MgN2O5. The van der Waals surface area contributed by atoms with Crippen LogP contribution < -0.4 is 5.43 Å². The van der Waals surface area contributed by atoms with Crippen LogP contribution in [-0.2, 0) is 9.59 Å². The molecule has 0 bridgehead atoms. The van der Waals surface area contributed by atoms with Gasteiger partial charge < -0.3 is 13.1 Å². The second-order valence-electron chi connectivity index (χ2n) is 4.05. The molecule has 0 aromatic heterocycles. The molecule has 0 fully saturated rings. The number of aliphatic carboxylic acids is 2. The molecule has 8 heteroatoms. The zero-order valence-electron chi connectivity index (χ0n) is 13.7. The van der Waals surface area contributed by atoms with Crippen LogP contribution in [0.15, 0.2) is 30.3 Å². The Kier molecular flexibility index (Phi) is 8.59. The molecule has 1 unspecified atom stereocenters. The third-order valence-electron chi connectivity index (χ3n) is 2.71. The molecule has 3 N–H and O–H groups in total. The zero-order chi connectivity index (χ0) is 15.1. The zero-order valence-corrected chi connectivity index (χ0v) is 13.1. The molecule has 0 aliphatic heterocycles. The van der Waals surface area contributed by atoms with Crippen molar-refractivity contribution in [3.63, 3.8) is 0 Å². The first-order valence-corrected chi connectivity index (χ1v) is 5.98. The van der Waals surface area contributed by atoms with Gasteiger partial charge >= 0.3 is 35.0 Å². The van der Waals surface area contributed by atoms with Crippen molar-refractivity contribution in [2.45, 2.75) is 18.9 Å². The maximum Gasteiger partial charge on any atom is 2.00 e. The van der Waals surface area contributed by atoms with Crippen LogP contribution in [0.2, 0.25) is 0 Å². The van der Waals surface area contributed by atoms with Crippen LogP contribution in [0.5, 0.6) is 0 Å². The summed E-state index contributed by atoms with van der Waals surface area (Å²) in [6, 6.07) is 6.93. The first-order valence-electron chi connectivity index (χ1n) is 5.98. The van der Waals surface area contributed by atoms with Crippen molar-refractivity contribution in [1.82, 2.24) is 10.4 Å². The Morgan fingerprint density at radius 1 is 1.24 bits per heavy atom. The van der Waals surface area contributed by atoms with Crippen LogP contribution in [0.3, 0.4) is 0 Å². The van der Waals surface area contributed by atoms with E-state index < -0.39 is 23.9 Å². The van der Waals surface area contributed by atoms with Crippen molar-refractivity contribution in [2.24, 2.45) is 0 Å². The van der Waals surface area contributed by atoms with E-state index in [1.165, 1.54) is 7.05 Å². The van der Waals surface area contributed by atoms with Crippen molar-refractivity contribution in [1.29, 1.82) is 0 Å². The number of hydrogen-bond acceptors (Lipinski definition) is 4. The maximum atomic E-state index is 12.2. The number of carboxylic acids is 2. The summed E-state index contributed by atoms with van der Waals surface area (Å²) < 4.78 is 0. The minimum atomic E-state index is -1.26. The van der Waals surface area contributed by atoms with E-state index in [9.17, 15) is 14.4 Å². The van der Waals surface area contributed by atoms with Gasteiger partial charge in [-0.3, -0.25) is 14.6 Å². The van der Waals surface area contributed by atoms with E-state index in [2.05, 4.69) is 5.43 Å². The second kappa shape index (κ2) is 9.32. The quantitative estimate of drug-likeness (QED) is 0.498. The fraction of sp³-hybridized carbons (Fsp3) is 0.308. The summed E-state index contributed by atoms with van der Waals surface area (Å²) in [7, 11) is 1.41. The largest absolute Gasteiger partial charge is 2.00 e. The minimum absolute atomic E-state index is 0. The summed E-state index contributed by atoms with van der Waals surface area (Å²) in [6.45, 7) is 0. The normalized spacial score (nSPS) is 11.1. The topological polar surface area (TPSA) is 107 Å². The van der Waals surface area contributed by atoms with Gasteiger partial charge in [-0.15, -0.1) is 0 Å². The van der Waals surface area contributed by atoms with Gasteiger partial charge in [-0.2, -0.15) is 0 Å². The van der Waals surface area contributed by atoms with Crippen LogP contribution in [0.1, 0.15) is 26.1 Å². The molecular weight excluding hydrogens is 288 g/mol. The van der Waals surface area contributed by atoms with Gasteiger partial charge in [0, 0.05) is 19.0 Å². The number of rotatable bonds is 7. The van der Waals surface area contributed by atoms with Gasteiger partial charge in [-0.05, 0) is 18.6 Å². The number of nitrogens with zero attached hydrogens (tertiary/aromatic N) is 1. The predicted molar refractivity (Wildman–Crippen MR) is 77.9 cm³/mol. The molecule has 1 aromatic carbocycles. The van der Waals surface area contributed by atoms with Crippen LogP contribution in [0.4, 0.5) is 0 Å². The number of carboxylic acid groups (broad SMARTS) is 2. The summed E-state index contributed by atoms with van der Waals surface area (Å²) in [4.78, 5) is 34.0.